The SMILES string of the molecule is Cc1ccccc1-c1cc2ccccc2c(OP([O-])[O-])c1-c1ccccc1C. The van der Waals surface area contributed by atoms with Gasteiger partial charge in [-0.05, 0) is 53.1 Å². The van der Waals surface area contributed by atoms with Gasteiger partial charge in [-0.1, -0.05) is 81.4 Å². The van der Waals surface area contributed by atoms with E-state index in [0.29, 0.717) is 5.75 Å². The molecular formula is C24H19O3P-2. The first-order chi connectivity index (χ1) is 13.6. The van der Waals surface area contributed by atoms with E-state index in [1.54, 1.807) is 0 Å². The number of hydrogen-bond acceptors (Lipinski definition) is 3. The second-order valence-corrected chi connectivity index (χ2v) is 7.42. The van der Waals surface area contributed by atoms with Gasteiger partial charge in [0.05, 0.1) is 0 Å². The Labute approximate surface area is 165 Å². The summed E-state index contributed by atoms with van der Waals surface area (Å²) in [7, 11) is -3.06. The molecule has 3 nitrogen and oxygen atoms in total. The summed E-state index contributed by atoms with van der Waals surface area (Å²) in [6, 6.07) is 25.9. The molecule has 0 bridgehead atoms. The normalized spacial score (nSPS) is 11.2. The van der Waals surface area contributed by atoms with Crippen molar-refractivity contribution in [2.24, 2.45) is 0 Å². The van der Waals surface area contributed by atoms with Crippen LogP contribution in [0.2, 0.25) is 0 Å². The van der Waals surface area contributed by atoms with Crippen molar-refractivity contribution in [1.82, 2.24) is 0 Å². The van der Waals surface area contributed by atoms with Gasteiger partial charge in [0, 0.05) is 10.9 Å². The molecular weight excluding hydrogens is 367 g/mol. The molecule has 0 saturated heterocycles. The predicted octanol–water partition coefficient (Wildman–Crippen LogP) is 5.12. The van der Waals surface area contributed by atoms with Gasteiger partial charge in [0.15, 0.2) is 0 Å². The first kappa shape index (κ1) is 18.6. The lowest BCUT2D eigenvalue weighted by Crippen LogP contribution is -2.13. The number of benzene rings is 4. The summed E-state index contributed by atoms with van der Waals surface area (Å²) < 4.78 is 5.42. The third kappa shape index (κ3) is 3.41. The standard InChI is InChI=1S/C24H19O3P/c1-16-9-3-6-12-19(16)22-15-18-11-5-8-14-21(18)24(27-28(25)26)23(22)20-13-7-4-10-17(20)2/h3-15H,1-2H3/q-2. The van der Waals surface area contributed by atoms with Gasteiger partial charge in [-0.25, -0.2) is 0 Å². The third-order valence-electron chi connectivity index (χ3n) is 5.02. The molecule has 28 heavy (non-hydrogen) atoms. The molecule has 0 spiro atoms. The van der Waals surface area contributed by atoms with E-state index in [2.05, 4.69) is 25.1 Å². The number of hydrogen-bond donors (Lipinski definition) is 0. The maximum Gasteiger partial charge on any atom is 0.135 e. The number of fused-ring (bicyclic) bond motifs is 1. The lowest BCUT2D eigenvalue weighted by atomic mass is 9.87. The zero-order chi connectivity index (χ0) is 19.7. The fraction of sp³-hybridized carbons (Fsp3) is 0.0833. The lowest BCUT2D eigenvalue weighted by Gasteiger charge is -2.32. The van der Waals surface area contributed by atoms with Gasteiger partial charge in [0.25, 0.3) is 0 Å². The molecule has 0 unspecified atom stereocenters. The van der Waals surface area contributed by atoms with Crippen molar-refractivity contribution in [2.45, 2.75) is 13.8 Å². The van der Waals surface area contributed by atoms with Crippen molar-refractivity contribution < 1.29 is 14.3 Å². The van der Waals surface area contributed by atoms with Gasteiger partial charge in [0.2, 0.25) is 0 Å². The molecule has 4 aromatic rings. The second-order valence-electron chi connectivity index (χ2n) is 6.79. The van der Waals surface area contributed by atoms with Crippen LogP contribution in [-0.2, 0) is 0 Å². The zero-order valence-corrected chi connectivity index (χ0v) is 16.6. The van der Waals surface area contributed by atoms with Crippen LogP contribution >= 0.6 is 8.60 Å². The molecule has 0 radical (unpaired) electrons. The van der Waals surface area contributed by atoms with E-state index in [0.717, 1.165) is 44.2 Å². The smallest absolute Gasteiger partial charge is 0.135 e. The minimum absolute atomic E-state index is 0.377. The third-order valence-corrected chi connectivity index (χ3v) is 5.35. The molecule has 4 aromatic carbocycles. The van der Waals surface area contributed by atoms with E-state index in [1.165, 1.54) is 0 Å². The maximum atomic E-state index is 11.6. The monoisotopic (exact) mass is 386 g/mol. The summed E-state index contributed by atoms with van der Waals surface area (Å²) in [5, 5.41) is 1.71. The van der Waals surface area contributed by atoms with Crippen molar-refractivity contribution >= 4 is 19.4 Å². The van der Waals surface area contributed by atoms with Crippen molar-refractivity contribution in [1.29, 1.82) is 0 Å². The Bertz CT molecular complexity index is 1150. The van der Waals surface area contributed by atoms with Crippen LogP contribution in [-0.4, -0.2) is 0 Å². The summed E-state index contributed by atoms with van der Waals surface area (Å²) in [6.07, 6.45) is 0. The Morgan fingerprint density at radius 1 is 0.679 bits per heavy atom. The molecule has 140 valence electrons. The summed E-state index contributed by atoms with van der Waals surface area (Å²) in [5.41, 5.74) is 5.93. The first-order valence-corrected chi connectivity index (χ1v) is 10.2. The van der Waals surface area contributed by atoms with Crippen molar-refractivity contribution in [2.75, 3.05) is 0 Å². The summed E-state index contributed by atoms with van der Waals surface area (Å²) in [5.74, 6) is 0.377. The van der Waals surface area contributed by atoms with Crippen LogP contribution in [0.25, 0.3) is 33.0 Å². The molecule has 0 aromatic heterocycles. The Morgan fingerprint density at radius 3 is 1.89 bits per heavy atom. The van der Waals surface area contributed by atoms with Crippen LogP contribution in [0.5, 0.6) is 5.75 Å². The Balaban J connectivity index is 2.17. The molecule has 0 atom stereocenters. The second kappa shape index (κ2) is 7.73. The number of aryl methyl sites for hydroxylation is 2. The van der Waals surface area contributed by atoms with Gasteiger partial charge in [-0.3, -0.25) is 0 Å². The minimum Gasteiger partial charge on any atom is -0.810 e. The topological polar surface area (TPSA) is 55.3 Å². The molecule has 0 N–H and O–H groups in total. The van der Waals surface area contributed by atoms with Crippen LogP contribution in [0, 0.1) is 13.8 Å². The highest BCUT2D eigenvalue weighted by Gasteiger charge is 2.19. The van der Waals surface area contributed by atoms with Gasteiger partial charge < -0.3 is 14.3 Å². The lowest BCUT2D eigenvalue weighted by molar-refractivity contribution is -0.310. The molecule has 0 heterocycles. The van der Waals surface area contributed by atoms with Crippen LogP contribution in [0.15, 0.2) is 78.9 Å². The van der Waals surface area contributed by atoms with Crippen molar-refractivity contribution in [3.05, 3.63) is 90.0 Å². The Morgan fingerprint density at radius 2 is 1.25 bits per heavy atom. The first-order valence-electron chi connectivity index (χ1n) is 9.06. The zero-order valence-electron chi connectivity index (χ0n) is 15.7. The van der Waals surface area contributed by atoms with E-state index in [4.69, 9.17) is 4.52 Å². The van der Waals surface area contributed by atoms with E-state index in [1.807, 2.05) is 67.6 Å². The molecule has 0 aliphatic rings. The fourth-order valence-corrected chi connectivity index (χ4v) is 4.03. The van der Waals surface area contributed by atoms with Crippen LogP contribution < -0.4 is 14.3 Å². The van der Waals surface area contributed by atoms with Gasteiger partial charge in [0.1, 0.15) is 5.75 Å². The number of rotatable bonds is 4. The van der Waals surface area contributed by atoms with E-state index < -0.39 is 8.60 Å². The molecule has 0 amide bonds. The molecule has 0 fully saturated rings. The van der Waals surface area contributed by atoms with E-state index >= 15 is 0 Å². The largest absolute Gasteiger partial charge is 0.810 e. The predicted molar refractivity (Wildman–Crippen MR) is 112 cm³/mol. The molecule has 4 rings (SSSR count). The fourth-order valence-electron chi connectivity index (χ4n) is 3.69. The molecule has 0 aliphatic carbocycles. The highest BCUT2D eigenvalue weighted by Crippen LogP contribution is 2.47. The molecule has 0 saturated carbocycles. The molecule has 0 aliphatic heterocycles. The van der Waals surface area contributed by atoms with Crippen LogP contribution in [0.4, 0.5) is 0 Å². The molecule has 4 heteroatoms. The average Bonchev–Trinajstić information content (AvgIpc) is 2.68. The minimum atomic E-state index is -3.06. The Kier molecular flexibility index (Phi) is 5.15. The van der Waals surface area contributed by atoms with Gasteiger partial charge >= 0.3 is 0 Å². The summed E-state index contributed by atoms with van der Waals surface area (Å²) in [6.45, 7) is 4.08. The van der Waals surface area contributed by atoms with E-state index in [-0.39, 0.29) is 0 Å². The average molecular weight is 386 g/mol. The van der Waals surface area contributed by atoms with Crippen molar-refractivity contribution in [3.8, 4) is 28.0 Å². The van der Waals surface area contributed by atoms with E-state index in [9.17, 15) is 9.79 Å². The van der Waals surface area contributed by atoms with Crippen LogP contribution in [0.1, 0.15) is 11.1 Å². The summed E-state index contributed by atoms with van der Waals surface area (Å²) in [4.78, 5) is 23.2. The highest BCUT2D eigenvalue weighted by atomic mass is 31.2. The Hall–Kier alpha value is -2.71. The van der Waals surface area contributed by atoms with Crippen LogP contribution in [0.3, 0.4) is 0 Å². The van der Waals surface area contributed by atoms with Gasteiger partial charge in [-0.2, -0.15) is 0 Å². The summed E-state index contributed by atoms with van der Waals surface area (Å²) >= 11 is 0. The quantitative estimate of drug-likeness (QED) is 0.458. The maximum absolute atomic E-state index is 11.6. The highest BCUT2D eigenvalue weighted by molar-refractivity contribution is 7.36. The van der Waals surface area contributed by atoms with Crippen molar-refractivity contribution in [3.63, 3.8) is 0 Å². The van der Waals surface area contributed by atoms with Gasteiger partial charge in [-0.15, -0.1) is 0 Å².